The smallest absolute Gasteiger partial charge is 0.127 e. The summed E-state index contributed by atoms with van der Waals surface area (Å²) in [6, 6.07) is 6.34. The van der Waals surface area contributed by atoms with E-state index in [1.54, 1.807) is 0 Å². The quantitative estimate of drug-likeness (QED) is 0.550. The normalized spacial score (nSPS) is 18.0. The average molecular weight is 367 g/mol. The van der Waals surface area contributed by atoms with Gasteiger partial charge in [0.15, 0.2) is 0 Å². The van der Waals surface area contributed by atoms with Gasteiger partial charge in [-0.1, -0.05) is 74.5 Å². The summed E-state index contributed by atoms with van der Waals surface area (Å²) in [5.41, 5.74) is 4.73. The molecular weight excluding hydrogens is 332 g/mol. The fourth-order valence-corrected chi connectivity index (χ4v) is 3.99. The van der Waals surface area contributed by atoms with Crippen molar-refractivity contribution in [3.63, 3.8) is 0 Å². The molecule has 0 saturated carbocycles. The first-order valence-corrected chi connectivity index (χ1v) is 9.87. The first kappa shape index (κ1) is 19.9. The van der Waals surface area contributed by atoms with Gasteiger partial charge in [-0.25, -0.2) is 0 Å². The second-order valence-corrected chi connectivity index (χ2v) is 11.1. The van der Waals surface area contributed by atoms with Gasteiger partial charge in [-0.15, -0.1) is 0 Å². The van der Waals surface area contributed by atoms with Crippen LogP contribution in [0, 0.1) is 5.41 Å². The highest BCUT2D eigenvalue weighted by Crippen LogP contribution is 2.49. The van der Waals surface area contributed by atoms with Crippen LogP contribution in [0.2, 0.25) is 0 Å². The number of hydrogen-bond acceptors (Lipinski definition) is 2. The molecule has 0 saturated heterocycles. The Morgan fingerprint density at radius 3 is 1.85 bits per heavy atom. The number of benzene rings is 2. The van der Waals surface area contributed by atoms with Gasteiger partial charge in [-0.2, -0.15) is 0 Å². The number of aromatic hydroxyl groups is 1. The van der Waals surface area contributed by atoms with Crippen molar-refractivity contribution < 1.29 is 10.2 Å². The van der Waals surface area contributed by atoms with Gasteiger partial charge in [0, 0.05) is 10.9 Å². The Labute approximate surface area is 163 Å². The molecular formula is C25H34O2. The minimum atomic E-state index is -0.651. The number of hydrogen-bond donors (Lipinski definition) is 2. The molecule has 2 aromatic rings. The van der Waals surface area contributed by atoms with Crippen LogP contribution in [0.25, 0.3) is 16.8 Å². The van der Waals surface area contributed by atoms with Gasteiger partial charge in [0.05, 0.1) is 0 Å². The highest BCUT2D eigenvalue weighted by atomic mass is 16.3. The number of phenols is 1. The summed E-state index contributed by atoms with van der Waals surface area (Å²) in [6.45, 7) is 19.3. The van der Waals surface area contributed by atoms with Gasteiger partial charge in [-0.05, 0) is 56.0 Å². The van der Waals surface area contributed by atoms with E-state index in [9.17, 15) is 10.2 Å². The summed E-state index contributed by atoms with van der Waals surface area (Å²) in [4.78, 5) is 0. The SMILES string of the molecule is CC(C)(C)C1=Cc2cc(C(C)(C)C)c(O)c3cc(C(C)(C)C)cc(c23)C1O. The predicted octanol–water partition coefficient (Wildman–Crippen LogP) is 6.62. The molecule has 3 rings (SSSR count). The van der Waals surface area contributed by atoms with Gasteiger partial charge < -0.3 is 10.2 Å². The van der Waals surface area contributed by atoms with Crippen molar-refractivity contribution in [2.45, 2.75) is 79.2 Å². The lowest BCUT2D eigenvalue weighted by molar-refractivity contribution is 0.190. The van der Waals surface area contributed by atoms with Crippen LogP contribution >= 0.6 is 0 Å². The van der Waals surface area contributed by atoms with Crippen molar-refractivity contribution in [2.24, 2.45) is 5.41 Å². The molecule has 1 aliphatic rings. The number of rotatable bonds is 0. The highest BCUT2D eigenvalue weighted by molar-refractivity contribution is 6.01. The standard InChI is InChI=1S/C25H34O2/c1-23(2,3)15-12-16-20-14(10-18(21(16)26)24(4,5)6)11-19(25(7,8)9)22(27)17(20)13-15/h10-13,21,26-27H,1-9H3. The first-order chi connectivity index (χ1) is 12.1. The number of phenolic OH excluding ortho intramolecular Hbond substituents is 1. The maximum atomic E-state index is 11.2. The van der Waals surface area contributed by atoms with E-state index in [0.717, 1.165) is 38.6 Å². The second kappa shape index (κ2) is 5.85. The summed E-state index contributed by atoms with van der Waals surface area (Å²) in [6.07, 6.45) is 1.48. The molecule has 2 aromatic carbocycles. The van der Waals surface area contributed by atoms with Crippen LogP contribution in [0.4, 0.5) is 0 Å². The molecule has 0 aliphatic heterocycles. The number of aliphatic hydroxyl groups excluding tert-OH is 1. The predicted molar refractivity (Wildman–Crippen MR) is 115 cm³/mol. The first-order valence-electron chi connectivity index (χ1n) is 9.87. The molecule has 0 heterocycles. The molecule has 1 unspecified atom stereocenters. The molecule has 0 amide bonds. The van der Waals surface area contributed by atoms with Crippen molar-refractivity contribution in [2.75, 3.05) is 0 Å². The average Bonchev–Trinajstić information content (AvgIpc) is 2.49. The number of aliphatic hydroxyl groups is 1. The highest BCUT2D eigenvalue weighted by Gasteiger charge is 2.33. The fourth-order valence-electron chi connectivity index (χ4n) is 3.99. The summed E-state index contributed by atoms with van der Waals surface area (Å²) >= 11 is 0. The Morgan fingerprint density at radius 2 is 1.37 bits per heavy atom. The molecule has 0 bridgehead atoms. The third-order valence-corrected chi connectivity index (χ3v) is 5.71. The van der Waals surface area contributed by atoms with Crippen molar-refractivity contribution in [1.82, 2.24) is 0 Å². The maximum absolute atomic E-state index is 11.2. The van der Waals surface area contributed by atoms with Crippen LogP contribution in [0.1, 0.15) is 90.7 Å². The van der Waals surface area contributed by atoms with Crippen molar-refractivity contribution in [1.29, 1.82) is 0 Å². The van der Waals surface area contributed by atoms with E-state index in [-0.39, 0.29) is 16.2 Å². The van der Waals surface area contributed by atoms with E-state index in [1.165, 1.54) is 0 Å². The molecule has 1 atom stereocenters. The van der Waals surface area contributed by atoms with Crippen LogP contribution in [0.3, 0.4) is 0 Å². The van der Waals surface area contributed by atoms with E-state index in [4.69, 9.17) is 0 Å². The van der Waals surface area contributed by atoms with Crippen molar-refractivity contribution in [3.05, 3.63) is 46.0 Å². The van der Waals surface area contributed by atoms with Gasteiger partial charge in [0.25, 0.3) is 0 Å². The van der Waals surface area contributed by atoms with Crippen molar-refractivity contribution in [3.8, 4) is 5.75 Å². The zero-order chi connectivity index (χ0) is 20.5. The summed E-state index contributed by atoms with van der Waals surface area (Å²) in [7, 11) is 0. The van der Waals surface area contributed by atoms with Crippen LogP contribution in [-0.4, -0.2) is 10.2 Å². The van der Waals surface area contributed by atoms with Crippen LogP contribution in [-0.2, 0) is 10.8 Å². The Morgan fingerprint density at radius 1 is 0.778 bits per heavy atom. The molecule has 2 nitrogen and oxygen atoms in total. The molecule has 2 heteroatoms. The monoisotopic (exact) mass is 366 g/mol. The Bertz CT molecular complexity index is 942. The van der Waals surface area contributed by atoms with E-state index in [1.807, 2.05) is 0 Å². The van der Waals surface area contributed by atoms with Crippen LogP contribution in [0.15, 0.2) is 23.8 Å². The minimum Gasteiger partial charge on any atom is -0.507 e. The summed E-state index contributed by atoms with van der Waals surface area (Å²) < 4.78 is 0. The van der Waals surface area contributed by atoms with E-state index in [0.29, 0.717) is 5.75 Å². The Balaban J connectivity index is 2.50. The van der Waals surface area contributed by atoms with Crippen LogP contribution in [0.5, 0.6) is 5.75 Å². The maximum Gasteiger partial charge on any atom is 0.127 e. The third kappa shape index (κ3) is 3.29. The van der Waals surface area contributed by atoms with E-state index in [2.05, 4.69) is 86.6 Å². The minimum absolute atomic E-state index is 0.0716. The fraction of sp³-hybridized carbons (Fsp3) is 0.520. The van der Waals surface area contributed by atoms with Gasteiger partial charge in [-0.3, -0.25) is 0 Å². The summed E-state index contributed by atoms with van der Waals surface area (Å²) in [5.74, 6) is 0.341. The Kier molecular flexibility index (Phi) is 4.32. The van der Waals surface area contributed by atoms with Gasteiger partial charge in [0.2, 0.25) is 0 Å². The summed E-state index contributed by atoms with van der Waals surface area (Å²) in [5, 5.41) is 24.2. The lowest BCUT2D eigenvalue weighted by Crippen LogP contribution is -2.21. The third-order valence-electron chi connectivity index (χ3n) is 5.71. The van der Waals surface area contributed by atoms with Crippen molar-refractivity contribution >= 4 is 16.8 Å². The molecule has 2 N–H and O–H groups in total. The van der Waals surface area contributed by atoms with E-state index < -0.39 is 6.10 Å². The topological polar surface area (TPSA) is 40.5 Å². The van der Waals surface area contributed by atoms with Gasteiger partial charge >= 0.3 is 0 Å². The molecule has 0 spiro atoms. The van der Waals surface area contributed by atoms with E-state index >= 15 is 0 Å². The zero-order valence-electron chi connectivity index (χ0n) is 18.3. The molecule has 146 valence electrons. The zero-order valence-corrected chi connectivity index (χ0v) is 18.3. The lowest BCUT2D eigenvalue weighted by atomic mass is 9.72. The molecule has 0 radical (unpaired) electrons. The van der Waals surface area contributed by atoms with Gasteiger partial charge in [0.1, 0.15) is 11.9 Å². The molecule has 0 fully saturated rings. The Hall–Kier alpha value is -1.80. The lowest BCUT2D eigenvalue weighted by Gasteiger charge is -2.34. The largest absolute Gasteiger partial charge is 0.507 e. The van der Waals surface area contributed by atoms with Crippen LogP contribution < -0.4 is 0 Å². The molecule has 27 heavy (non-hydrogen) atoms. The second-order valence-electron chi connectivity index (χ2n) is 11.1. The molecule has 1 aliphatic carbocycles. The molecule has 0 aromatic heterocycles.